The monoisotopic (exact) mass is 207 g/mol. The molecule has 15 heavy (non-hydrogen) atoms. The SMILES string of the molecule is C/C=C/CCNc1ncnc(OC)c1C. The third-order valence-corrected chi connectivity index (χ3v) is 2.07. The van der Waals surface area contributed by atoms with Crippen LogP contribution >= 0.6 is 0 Å². The van der Waals surface area contributed by atoms with E-state index in [2.05, 4.69) is 21.4 Å². The highest BCUT2D eigenvalue weighted by Crippen LogP contribution is 2.19. The van der Waals surface area contributed by atoms with Crippen LogP contribution in [0.3, 0.4) is 0 Å². The molecule has 0 spiro atoms. The van der Waals surface area contributed by atoms with Gasteiger partial charge in [0.1, 0.15) is 12.1 Å². The molecular weight excluding hydrogens is 190 g/mol. The van der Waals surface area contributed by atoms with Crippen LogP contribution < -0.4 is 10.1 Å². The van der Waals surface area contributed by atoms with Gasteiger partial charge in [-0.1, -0.05) is 12.2 Å². The minimum atomic E-state index is 0.624. The Morgan fingerprint density at radius 3 is 2.93 bits per heavy atom. The standard InChI is InChI=1S/C11H17N3O/c1-4-5-6-7-12-10-9(2)11(15-3)14-8-13-10/h4-5,8H,6-7H2,1-3H3,(H,12,13,14)/b5-4+. The number of hydrogen-bond donors (Lipinski definition) is 1. The van der Waals surface area contributed by atoms with Crippen LogP contribution in [0.2, 0.25) is 0 Å². The molecule has 0 atom stereocenters. The van der Waals surface area contributed by atoms with Gasteiger partial charge in [-0.05, 0) is 20.3 Å². The lowest BCUT2D eigenvalue weighted by Gasteiger charge is -2.09. The Labute approximate surface area is 90.4 Å². The summed E-state index contributed by atoms with van der Waals surface area (Å²) in [4.78, 5) is 8.17. The van der Waals surface area contributed by atoms with Crippen molar-refractivity contribution in [2.24, 2.45) is 0 Å². The number of rotatable bonds is 5. The molecule has 1 rings (SSSR count). The number of aromatic nitrogens is 2. The molecule has 4 nitrogen and oxygen atoms in total. The molecule has 0 fully saturated rings. The molecule has 0 aromatic carbocycles. The molecule has 1 heterocycles. The van der Waals surface area contributed by atoms with E-state index < -0.39 is 0 Å². The van der Waals surface area contributed by atoms with Crippen LogP contribution in [0.1, 0.15) is 18.9 Å². The highest BCUT2D eigenvalue weighted by Gasteiger charge is 2.05. The molecular formula is C11H17N3O. The van der Waals surface area contributed by atoms with Crippen molar-refractivity contribution in [3.05, 3.63) is 24.0 Å². The van der Waals surface area contributed by atoms with Crippen molar-refractivity contribution in [2.75, 3.05) is 19.0 Å². The van der Waals surface area contributed by atoms with E-state index in [-0.39, 0.29) is 0 Å². The molecule has 0 aliphatic heterocycles. The van der Waals surface area contributed by atoms with Gasteiger partial charge in [0.2, 0.25) is 5.88 Å². The Hall–Kier alpha value is -1.58. The van der Waals surface area contributed by atoms with Crippen LogP contribution in [0.4, 0.5) is 5.82 Å². The van der Waals surface area contributed by atoms with E-state index in [0.717, 1.165) is 24.3 Å². The van der Waals surface area contributed by atoms with Crippen LogP contribution in [-0.4, -0.2) is 23.6 Å². The van der Waals surface area contributed by atoms with Crippen molar-refractivity contribution in [3.8, 4) is 5.88 Å². The van der Waals surface area contributed by atoms with E-state index in [1.807, 2.05) is 19.9 Å². The first-order valence-electron chi connectivity index (χ1n) is 5.00. The number of anilines is 1. The maximum Gasteiger partial charge on any atom is 0.221 e. The van der Waals surface area contributed by atoms with E-state index in [1.165, 1.54) is 6.33 Å². The highest BCUT2D eigenvalue weighted by molar-refractivity contribution is 5.47. The van der Waals surface area contributed by atoms with Crippen molar-refractivity contribution in [1.82, 2.24) is 9.97 Å². The zero-order chi connectivity index (χ0) is 11.1. The number of nitrogens with zero attached hydrogens (tertiary/aromatic N) is 2. The summed E-state index contributed by atoms with van der Waals surface area (Å²) in [5, 5.41) is 3.24. The summed E-state index contributed by atoms with van der Waals surface area (Å²) in [5.41, 5.74) is 0.945. The van der Waals surface area contributed by atoms with E-state index in [9.17, 15) is 0 Å². The van der Waals surface area contributed by atoms with Gasteiger partial charge >= 0.3 is 0 Å². The zero-order valence-electron chi connectivity index (χ0n) is 9.45. The molecule has 0 unspecified atom stereocenters. The van der Waals surface area contributed by atoms with Crippen LogP contribution in [0.25, 0.3) is 0 Å². The van der Waals surface area contributed by atoms with Crippen LogP contribution in [-0.2, 0) is 0 Å². The van der Waals surface area contributed by atoms with Crippen LogP contribution in [0, 0.1) is 6.92 Å². The molecule has 0 aliphatic carbocycles. The number of nitrogens with one attached hydrogen (secondary N) is 1. The van der Waals surface area contributed by atoms with E-state index in [0.29, 0.717) is 5.88 Å². The largest absolute Gasteiger partial charge is 0.481 e. The van der Waals surface area contributed by atoms with Crippen molar-refractivity contribution in [3.63, 3.8) is 0 Å². The lowest BCUT2D eigenvalue weighted by Crippen LogP contribution is -2.05. The maximum atomic E-state index is 5.11. The van der Waals surface area contributed by atoms with Gasteiger partial charge < -0.3 is 10.1 Å². The average molecular weight is 207 g/mol. The quantitative estimate of drug-likeness (QED) is 0.593. The second-order valence-electron chi connectivity index (χ2n) is 3.14. The number of hydrogen-bond acceptors (Lipinski definition) is 4. The van der Waals surface area contributed by atoms with Gasteiger partial charge in [0, 0.05) is 6.54 Å². The summed E-state index contributed by atoms with van der Waals surface area (Å²) in [6.07, 6.45) is 6.64. The van der Waals surface area contributed by atoms with Gasteiger partial charge in [0.25, 0.3) is 0 Å². The molecule has 0 amide bonds. The fourth-order valence-electron chi connectivity index (χ4n) is 1.26. The number of allylic oxidation sites excluding steroid dienone is 1. The van der Waals surface area contributed by atoms with Gasteiger partial charge in [-0.25, -0.2) is 9.97 Å². The average Bonchev–Trinajstić information content (AvgIpc) is 2.26. The Morgan fingerprint density at radius 2 is 2.27 bits per heavy atom. The van der Waals surface area contributed by atoms with Gasteiger partial charge in [0.15, 0.2) is 0 Å². The minimum Gasteiger partial charge on any atom is -0.481 e. The van der Waals surface area contributed by atoms with Crippen LogP contribution in [0.5, 0.6) is 5.88 Å². The summed E-state index contributed by atoms with van der Waals surface area (Å²) in [5.74, 6) is 1.46. The smallest absolute Gasteiger partial charge is 0.221 e. The molecule has 1 N–H and O–H groups in total. The molecule has 82 valence electrons. The molecule has 0 radical (unpaired) electrons. The molecule has 0 saturated heterocycles. The molecule has 4 heteroatoms. The molecule has 1 aromatic rings. The summed E-state index contributed by atoms with van der Waals surface area (Å²) >= 11 is 0. The fraction of sp³-hybridized carbons (Fsp3) is 0.455. The third kappa shape index (κ3) is 3.23. The summed E-state index contributed by atoms with van der Waals surface area (Å²) in [6, 6.07) is 0. The third-order valence-electron chi connectivity index (χ3n) is 2.07. The molecule has 0 saturated carbocycles. The van der Waals surface area contributed by atoms with Gasteiger partial charge in [-0.2, -0.15) is 0 Å². The van der Waals surface area contributed by atoms with Crippen molar-refractivity contribution in [2.45, 2.75) is 20.3 Å². The highest BCUT2D eigenvalue weighted by atomic mass is 16.5. The predicted octanol–water partition coefficient (Wildman–Crippen LogP) is 2.17. The second kappa shape index (κ2) is 6.01. The second-order valence-corrected chi connectivity index (χ2v) is 3.14. The predicted molar refractivity (Wildman–Crippen MR) is 61.2 cm³/mol. The summed E-state index contributed by atoms with van der Waals surface area (Å²) in [6.45, 7) is 4.82. The molecule has 1 aromatic heterocycles. The molecule has 0 bridgehead atoms. The van der Waals surface area contributed by atoms with Gasteiger partial charge in [-0.15, -0.1) is 0 Å². The maximum absolute atomic E-state index is 5.11. The lowest BCUT2D eigenvalue weighted by molar-refractivity contribution is 0.393. The van der Waals surface area contributed by atoms with Crippen molar-refractivity contribution >= 4 is 5.82 Å². The van der Waals surface area contributed by atoms with Crippen LogP contribution in [0.15, 0.2) is 18.5 Å². The fourth-order valence-corrected chi connectivity index (χ4v) is 1.26. The minimum absolute atomic E-state index is 0.624. The summed E-state index contributed by atoms with van der Waals surface area (Å²) in [7, 11) is 1.61. The topological polar surface area (TPSA) is 47.0 Å². The van der Waals surface area contributed by atoms with E-state index in [1.54, 1.807) is 7.11 Å². The summed E-state index contributed by atoms with van der Waals surface area (Å²) < 4.78 is 5.11. The normalized spacial score (nSPS) is 10.6. The molecule has 0 aliphatic rings. The first-order valence-corrected chi connectivity index (χ1v) is 5.00. The lowest BCUT2D eigenvalue weighted by atomic mass is 10.3. The Balaban J connectivity index is 2.60. The number of ether oxygens (including phenoxy) is 1. The van der Waals surface area contributed by atoms with Crippen molar-refractivity contribution in [1.29, 1.82) is 0 Å². The van der Waals surface area contributed by atoms with Gasteiger partial charge in [0.05, 0.1) is 12.7 Å². The first kappa shape index (κ1) is 11.5. The Kier molecular flexibility index (Phi) is 4.60. The Morgan fingerprint density at radius 1 is 1.47 bits per heavy atom. The van der Waals surface area contributed by atoms with E-state index in [4.69, 9.17) is 4.74 Å². The van der Waals surface area contributed by atoms with Gasteiger partial charge in [-0.3, -0.25) is 0 Å². The zero-order valence-corrected chi connectivity index (χ0v) is 9.45. The van der Waals surface area contributed by atoms with Crippen molar-refractivity contribution < 1.29 is 4.74 Å². The Bertz CT molecular complexity index is 337. The number of methoxy groups -OCH3 is 1. The van der Waals surface area contributed by atoms with E-state index >= 15 is 0 Å². The first-order chi connectivity index (χ1) is 7.29.